The van der Waals surface area contributed by atoms with E-state index in [4.69, 9.17) is 0 Å². The second-order valence-electron chi connectivity index (χ2n) is 5.44. The van der Waals surface area contributed by atoms with Crippen molar-refractivity contribution in [3.8, 4) is 0 Å². The highest BCUT2D eigenvalue weighted by Gasteiger charge is 2.37. The molecule has 2 aliphatic heterocycles. The third-order valence-electron chi connectivity index (χ3n) is 4.06. The quantitative estimate of drug-likeness (QED) is 0.645. The fraction of sp³-hybridized carbons (Fsp3) is 0.846. The molecule has 2 aliphatic rings. The van der Waals surface area contributed by atoms with Crippen LogP contribution in [0.5, 0.6) is 0 Å². The average Bonchev–Trinajstić information content (AvgIpc) is 2.79. The van der Waals surface area contributed by atoms with Gasteiger partial charge in [-0.2, -0.15) is 12.6 Å². The maximum absolute atomic E-state index is 12.1. The van der Waals surface area contributed by atoms with E-state index in [0.717, 1.165) is 25.9 Å². The Bertz CT molecular complexity index is 351. The number of nitrogens with one attached hydrogen (secondary N) is 2. The van der Waals surface area contributed by atoms with Crippen LogP contribution in [0.15, 0.2) is 0 Å². The first-order valence-electron chi connectivity index (χ1n) is 7.04. The van der Waals surface area contributed by atoms with E-state index in [0.29, 0.717) is 11.8 Å². The molecule has 0 radical (unpaired) electrons. The minimum atomic E-state index is -0.529. The summed E-state index contributed by atoms with van der Waals surface area (Å²) < 4.78 is 0. The summed E-state index contributed by atoms with van der Waals surface area (Å²) >= 11 is 4.13. The standard InChI is InChI=1S/C13H23N3O2S/c1-9(17)14-11(8-19)13(18)15-10-5-7-16-6-3-2-4-12(10)16/h10-12,19H,2-8H2,1H3,(H,14,17)(H,15,18). The van der Waals surface area contributed by atoms with Crippen LogP contribution in [0.25, 0.3) is 0 Å². The molecule has 2 N–H and O–H groups in total. The highest BCUT2D eigenvalue weighted by molar-refractivity contribution is 7.80. The first kappa shape index (κ1) is 14.7. The summed E-state index contributed by atoms with van der Waals surface area (Å²) in [7, 11) is 0. The maximum atomic E-state index is 12.1. The number of thiol groups is 1. The Morgan fingerprint density at radius 1 is 1.32 bits per heavy atom. The zero-order valence-electron chi connectivity index (χ0n) is 11.4. The monoisotopic (exact) mass is 285 g/mol. The lowest BCUT2D eigenvalue weighted by atomic mass is 9.99. The molecule has 0 spiro atoms. The summed E-state index contributed by atoms with van der Waals surface area (Å²) in [6.45, 7) is 3.64. The van der Waals surface area contributed by atoms with E-state index in [2.05, 4.69) is 28.2 Å². The van der Waals surface area contributed by atoms with Crippen molar-refractivity contribution in [3.63, 3.8) is 0 Å². The van der Waals surface area contributed by atoms with E-state index in [1.54, 1.807) is 0 Å². The fourth-order valence-electron chi connectivity index (χ4n) is 3.14. The Morgan fingerprint density at radius 2 is 2.11 bits per heavy atom. The number of fused-ring (bicyclic) bond motifs is 1. The van der Waals surface area contributed by atoms with Gasteiger partial charge in [0.2, 0.25) is 11.8 Å². The van der Waals surface area contributed by atoms with Gasteiger partial charge >= 0.3 is 0 Å². The SMILES string of the molecule is CC(=O)NC(CS)C(=O)NC1CCN2CCCCC12. The number of hydrogen-bond acceptors (Lipinski definition) is 4. The average molecular weight is 285 g/mol. The molecular weight excluding hydrogens is 262 g/mol. The van der Waals surface area contributed by atoms with Crippen LogP contribution < -0.4 is 10.6 Å². The predicted molar refractivity (Wildman–Crippen MR) is 77.2 cm³/mol. The molecule has 3 atom stereocenters. The third kappa shape index (κ3) is 3.63. The number of nitrogens with zero attached hydrogens (tertiary/aromatic N) is 1. The van der Waals surface area contributed by atoms with Crippen molar-refractivity contribution in [1.82, 2.24) is 15.5 Å². The van der Waals surface area contributed by atoms with Gasteiger partial charge in [0.05, 0.1) is 0 Å². The summed E-state index contributed by atoms with van der Waals surface area (Å²) in [4.78, 5) is 25.7. The molecular formula is C13H23N3O2S. The Kier molecular flexibility index (Phi) is 5.10. The van der Waals surface area contributed by atoms with Gasteiger partial charge in [0, 0.05) is 31.3 Å². The topological polar surface area (TPSA) is 61.4 Å². The lowest BCUT2D eigenvalue weighted by Crippen LogP contribution is -2.53. The first-order chi connectivity index (χ1) is 9.11. The van der Waals surface area contributed by atoms with Crippen molar-refractivity contribution in [1.29, 1.82) is 0 Å². The van der Waals surface area contributed by atoms with E-state index in [9.17, 15) is 9.59 Å². The van der Waals surface area contributed by atoms with Gasteiger partial charge in [-0.3, -0.25) is 14.5 Å². The molecule has 108 valence electrons. The normalized spacial score (nSPS) is 28.5. The minimum absolute atomic E-state index is 0.109. The molecule has 0 aromatic rings. The van der Waals surface area contributed by atoms with Crippen molar-refractivity contribution in [3.05, 3.63) is 0 Å². The molecule has 0 aromatic heterocycles. The van der Waals surface area contributed by atoms with Crippen LogP contribution in [0, 0.1) is 0 Å². The van der Waals surface area contributed by atoms with Gasteiger partial charge < -0.3 is 10.6 Å². The Hall–Kier alpha value is -0.750. The zero-order valence-corrected chi connectivity index (χ0v) is 12.3. The molecule has 3 unspecified atom stereocenters. The van der Waals surface area contributed by atoms with Gasteiger partial charge in [-0.1, -0.05) is 6.42 Å². The lowest BCUT2D eigenvalue weighted by molar-refractivity contribution is -0.128. The summed E-state index contributed by atoms with van der Waals surface area (Å²) in [5, 5.41) is 5.72. The number of carbonyl (C=O) groups excluding carboxylic acids is 2. The fourth-order valence-corrected chi connectivity index (χ4v) is 3.40. The Morgan fingerprint density at radius 3 is 2.79 bits per heavy atom. The Balaban J connectivity index is 1.89. The van der Waals surface area contributed by atoms with Crippen molar-refractivity contribution >= 4 is 24.4 Å². The smallest absolute Gasteiger partial charge is 0.243 e. The molecule has 2 rings (SSSR count). The number of piperidine rings is 1. The molecule has 2 heterocycles. The van der Waals surface area contributed by atoms with Crippen LogP contribution in [0.4, 0.5) is 0 Å². The molecule has 2 saturated heterocycles. The minimum Gasteiger partial charge on any atom is -0.350 e. The van der Waals surface area contributed by atoms with Crippen LogP contribution in [-0.2, 0) is 9.59 Å². The molecule has 0 aromatic carbocycles. The summed E-state index contributed by atoms with van der Waals surface area (Å²) in [5.74, 6) is 0.0227. The van der Waals surface area contributed by atoms with Crippen LogP contribution in [0.2, 0.25) is 0 Å². The van der Waals surface area contributed by atoms with Gasteiger partial charge in [-0.15, -0.1) is 0 Å². The number of carbonyl (C=O) groups is 2. The summed E-state index contributed by atoms with van der Waals surface area (Å²) in [6, 6.07) is 0.179. The lowest BCUT2D eigenvalue weighted by Gasteiger charge is -2.33. The van der Waals surface area contributed by atoms with Crippen molar-refractivity contribution in [2.45, 2.75) is 50.7 Å². The zero-order chi connectivity index (χ0) is 13.8. The summed E-state index contributed by atoms with van der Waals surface area (Å²) in [6.07, 6.45) is 4.68. The molecule has 2 amide bonds. The van der Waals surface area contributed by atoms with Gasteiger partial charge in [-0.25, -0.2) is 0 Å². The van der Waals surface area contributed by atoms with Gasteiger partial charge in [-0.05, 0) is 25.8 Å². The van der Waals surface area contributed by atoms with Crippen LogP contribution in [0.3, 0.4) is 0 Å². The van der Waals surface area contributed by atoms with Crippen molar-refractivity contribution in [2.75, 3.05) is 18.8 Å². The molecule has 6 heteroatoms. The van der Waals surface area contributed by atoms with E-state index in [1.807, 2.05) is 0 Å². The molecule has 0 aliphatic carbocycles. The summed E-state index contributed by atoms with van der Waals surface area (Å²) in [5.41, 5.74) is 0. The van der Waals surface area contributed by atoms with Crippen LogP contribution in [0.1, 0.15) is 32.6 Å². The second-order valence-corrected chi connectivity index (χ2v) is 5.80. The van der Waals surface area contributed by atoms with Gasteiger partial charge in [0.1, 0.15) is 6.04 Å². The van der Waals surface area contributed by atoms with Crippen LogP contribution in [-0.4, -0.2) is 53.7 Å². The van der Waals surface area contributed by atoms with Crippen LogP contribution >= 0.6 is 12.6 Å². The highest BCUT2D eigenvalue weighted by atomic mass is 32.1. The maximum Gasteiger partial charge on any atom is 0.243 e. The predicted octanol–water partition coefficient (Wildman–Crippen LogP) is 0.164. The number of rotatable bonds is 4. The van der Waals surface area contributed by atoms with Crippen molar-refractivity contribution in [2.24, 2.45) is 0 Å². The second kappa shape index (κ2) is 6.61. The van der Waals surface area contributed by atoms with Gasteiger partial charge in [0.15, 0.2) is 0 Å². The highest BCUT2D eigenvalue weighted by Crippen LogP contribution is 2.27. The van der Waals surface area contributed by atoms with E-state index in [1.165, 1.54) is 19.8 Å². The first-order valence-corrected chi connectivity index (χ1v) is 7.67. The van der Waals surface area contributed by atoms with E-state index in [-0.39, 0.29) is 17.9 Å². The molecule has 19 heavy (non-hydrogen) atoms. The molecule has 5 nitrogen and oxygen atoms in total. The number of hydrogen-bond donors (Lipinski definition) is 3. The van der Waals surface area contributed by atoms with E-state index >= 15 is 0 Å². The number of amides is 2. The van der Waals surface area contributed by atoms with E-state index < -0.39 is 6.04 Å². The molecule has 0 bridgehead atoms. The largest absolute Gasteiger partial charge is 0.350 e. The molecule has 2 fully saturated rings. The third-order valence-corrected chi connectivity index (χ3v) is 4.43. The molecule has 0 saturated carbocycles. The Labute approximate surface area is 119 Å². The van der Waals surface area contributed by atoms with Gasteiger partial charge in [0.25, 0.3) is 0 Å². The van der Waals surface area contributed by atoms with Crippen molar-refractivity contribution < 1.29 is 9.59 Å².